The zero-order valence-electron chi connectivity index (χ0n) is 22.3. The van der Waals surface area contributed by atoms with E-state index in [1.165, 1.54) is 4.90 Å². The van der Waals surface area contributed by atoms with Gasteiger partial charge in [0.2, 0.25) is 11.8 Å². The van der Waals surface area contributed by atoms with E-state index in [0.29, 0.717) is 31.0 Å². The molecule has 4 heterocycles. The van der Waals surface area contributed by atoms with E-state index in [-0.39, 0.29) is 11.8 Å². The van der Waals surface area contributed by atoms with Gasteiger partial charge in [-0.2, -0.15) is 5.10 Å². The van der Waals surface area contributed by atoms with Crippen molar-refractivity contribution in [1.29, 1.82) is 0 Å². The van der Waals surface area contributed by atoms with Gasteiger partial charge < -0.3 is 19.5 Å². The molecule has 0 saturated heterocycles. The number of methoxy groups -OCH3 is 1. The molecule has 1 N–H and O–H groups in total. The molecule has 2 atom stereocenters. The number of hydrogen-bond donors (Lipinski definition) is 1. The van der Waals surface area contributed by atoms with Crippen molar-refractivity contribution in [3.8, 4) is 11.6 Å². The first-order valence-electron chi connectivity index (χ1n) is 13.1. The molecule has 1 aromatic heterocycles. The number of rotatable bonds is 3. The van der Waals surface area contributed by atoms with E-state index in [2.05, 4.69) is 28.6 Å². The molecule has 4 aliphatic rings. The van der Waals surface area contributed by atoms with Crippen molar-refractivity contribution in [3.05, 3.63) is 64.8 Å². The highest BCUT2D eigenvalue weighted by Gasteiger charge is 2.68. The SMILES string of the molecule is COc1ccc2c(c1)[C@]1(C[C@H]1c1ccc3c(c1)CN=C3Nc1cnn3c1OCC3)C(=O)N2C(=O)OC(C)(C)C. The molecule has 0 radical (unpaired) electrons. The van der Waals surface area contributed by atoms with Gasteiger partial charge in [0.1, 0.15) is 29.5 Å². The second kappa shape index (κ2) is 8.08. The van der Waals surface area contributed by atoms with E-state index >= 15 is 0 Å². The first kappa shape index (κ1) is 23.8. The van der Waals surface area contributed by atoms with Gasteiger partial charge in [0.15, 0.2) is 0 Å². The lowest BCUT2D eigenvalue weighted by Gasteiger charge is -2.24. The van der Waals surface area contributed by atoms with Gasteiger partial charge in [-0.05, 0) is 62.1 Å². The third-order valence-corrected chi connectivity index (χ3v) is 7.83. The highest BCUT2D eigenvalue weighted by Crippen LogP contribution is 2.67. The van der Waals surface area contributed by atoms with Crippen LogP contribution in [0.1, 0.15) is 55.4 Å². The molecule has 200 valence electrons. The number of hydrogen-bond acceptors (Lipinski definition) is 8. The molecule has 7 rings (SSSR count). The molecule has 3 aromatic rings. The van der Waals surface area contributed by atoms with E-state index in [1.54, 1.807) is 46.2 Å². The molecule has 39 heavy (non-hydrogen) atoms. The Hall–Kier alpha value is -4.34. The van der Waals surface area contributed by atoms with Crippen molar-refractivity contribution in [2.45, 2.75) is 57.2 Å². The Balaban J connectivity index is 1.19. The minimum atomic E-state index is -0.828. The predicted octanol–water partition coefficient (Wildman–Crippen LogP) is 4.36. The van der Waals surface area contributed by atoms with Gasteiger partial charge in [-0.25, -0.2) is 14.4 Å². The maximum Gasteiger partial charge on any atom is 0.421 e. The van der Waals surface area contributed by atoms with Crippen LogP contribution in [-0.2, 0) is 28.0 Å². The lowest BCUT2D eigenvalue weighted by Crippen LogP contribution is -2.41. The van der Waals surface area contributed by atoms with Crippen LogP contribution < -0.4 is 19.7 Å². The van der Waals surface area contributed by atoms with Crippen LogP contribution in [0.2, 0.25) is 0 Å². The Morgan fingerprint density at radius 2 is 2.05 bits per heavy atom. The number of aliphatic imine (C=N–C) groups is 1. The van der Waals surface area contributed by atoms with Crippen molar-refractivity contribution in [2.24, 2.45) is 4.99 Å². The maximum atomic E-state index is 13.9. The van der Waals surface area contributed by atoms with E-state index in [9.17, 15) is 9.59 Å². The van der Waals surface area contributed by atoms with Gasteiger partial charge in [-0.1, -0.05) is 18.2 Å². The summed E-state index contributed by atoms with van der Waals surface area (Å²) < 4.78 is 18.6. The van der Waals surface area contributed by atoms with Gasteiger partial charge in [-0.15, -0.1) is 0 Å². The Kier molecular flexibility index (Phi) is 4.92. The third kappa shape index (κ3) is 3.54. The second-order valence-electron chi connectivity index (χ2n) is 11.4. The van der Waals surface area contributed by atoms with Crippen LogP contribution in [0.5, 0.6) is 11.6 Å². The molecule has 0 bridgehead atoms. The van der Waals surface area contributed by atoms with Gasteiger partial charge in [0.05, 0.1) is 37.5 Å². The molecule has 2 amide bonds. The van der Waals surface area contributed by atoms with Gasteiger partial charge in [-0.3, -0.25) is 9.79 Å². The normalized spacial score (nSPS) is 22.3. The minimum Gasteiger partial charge on any atom is -0.497 e. The van der Waals surface area contributed by atoms with Gasteiger partial charge in [0.25, 0.3) is 0 Å². The van der Waals surface area contributed by atoms with Crippen molar-refractivity contribution in [3.63, 3.8) is 0 Å². The molecule has 1 fully saturated rings. The Bertz CT molecular complexity index is 1590. The first-order chi connectivity index (χ1) is 18.7. The molecule has 1 spiro atoms. The topological polar surface area (TPSA) is 107 Å². The number of ether oxygens (including phenoxy) is 3. The summed E-state index contributed by atoms with van der Waals surface area (Å²) in [5.41, 5.74) is 3.76. The fourth-order valence-electron chi connectivity index (χ4n) is 5.98. The molecular formula is C29H29N5O5. The number of aromatic nitrogens is 2. The summed E-state index contributed by atoms with van der Waals surface area (Å²) in [4.78, 5) is 33.0. The van der Waals surface area contributed by atoms with Crippen molar-refractivity contribution in [2.75, 3.05) is 23.9 Å². The largest absolute Gasteiger partial charge is 0.497 e. The minimum absolute atomic E-state index is 0.0713. The lowest BCUT2D eigenvalue weighted by molar-refractivity contribution is -0.120. The second-order valence-corrected chi connectivity index (χ2v) is 11.4. The van der Waals surface area contributed by atoms with Crippen LogP contribution in [0.15, 0.2) is 47.6 Å². The summed E-state index contributed by atoms with van der Waals surface area (Å²) in [6.07, 6.45) is 1.70. The quantitative estimate of drug-likeness (QED) is 0.539. The molecule has 0 unspecified atom stereocenters. The number of benzene rings is 2. The van der Waals surface area contributed by atoms with Crippen molar-refractivity contribution < 1.29 is 23.8 Å². The maximum absolute atomic E-state index is 13.9. The number of amides is 2. The molecule has 10 nitrogen and oxygen atoms in total. The van der Waals surface area contributed by atoms with Crippen molar-refractivity contribution in [1.82, 2.24) is 9.78 Å². The summed E-state index contributed by atoms with van der Waals surface area (Å²) in [5, 5.41) is 7.73. The van der Waals surface area contributed by atoms with Crippen LogP contribution in [0, 0.1) is 0 Å². The Morgan fingerprint density at radius 3 is 2.85 bits per heavy atom. The van der Waals surface area contributed by atoms with Gasteiger partial charge in [0, 0.05) is 11.5 Å². The highest BCUT2D eigenvalue weighted by molar-refractivity contribution is 6.23. The predicted molar refractivity (Wildman–Crippen MR) is 144 cm³/mol. The third-order valence-electron chi connectivity index (χ3n) is 7.83. The average molecular weight is 528 g/mol. The molecule has 1 saturated carbocycles. The monoisotopic (exact) mass is 527 g/mol. The standard InChI is InChI=1S/C29H29N5O5/c1-28(2,3)39-27(36)34-23-8-6-18(37-4)12-20(23)29(26(34)35)13-21(29)16-5-7-19-17(11-16)14-30-24(19)32-22-15-31-33-9-10-38-25(22)33/h5-8,11-12,15,21H,9-10,13-14H2,1-4H3,(H,30,32)/t21-,29-/m0/s1. The van der Waals surface area contributed by atoms with E-state index in [1.807, 2.05) is 10.7 Å². The van der Waals surface area contributed by atoms with Crippen LogP contribution in [-0.4, -0.2) is 46.9 Å². The summed E-state index contributed by atoms with van der Waals surface area (Å²) in [6.45, 7) is 7.27. The number of amidine groups is 1. The molecule has 10 heteroatoms. The number of anilines is 2. The van der Waals surface area contributed by atoms with E-state index in [4.69, 9.17) is 19.2 Å². The summed E-state index contributed by atoms with van der Waals surface area (Å²) >= 11 is 0. The highest BCUT2D eigenvalue weighted by atomic mass is 16.6. The van der Waals surface area contributed by atoms with Gasteiger partial charge >= 0.3 is 6.09 Å². The molecule has 1 aliphatic carbocycles. The molecule has 3 aliphatic heterocycles. The van der Waals surface area contributed by atoms with Crippen LogP contribution in [0.25, 0.3) is 0 Å². The number of nitrogens with one attached hydrogen (secondary N) is 1. The fraction of sp³-hybridized carbons (Fsp3) is 0.379. The Morgan fingerprint density at radius 1 is 1.21 bits per heavy atom. The number of carbonyl (C=O) groups is 2. The zero-order valence-corrected chi connectivity index (χ0v) is 22.3. The van der Waals surface area contributed by atoms with Crippen LogP contribution >= 0.6 is 0 Å². The molecular weight excluding hydrogens is 498 g/mol. The summed E-state index contributed by atoms with van der Waals surface area (Å²) in [5.74, 6) is 1.82. The Labute approximate surface area is 225 Å². The number of carbonyl (C=O) groups excluding carboxylic acids is 2. The number of fused-ring (bicyclic) bond motifs is 4. The van der Waals surface area contributed by atoms with Crippen LogP contribution in [0.3, 0.4) is 0 Å². The summed E-state index contributed by atoms with van der Waals surface area (Å²) in [7, 11) is 1.60. The smallest absolute Gasteiger partial charge is 0.421 e. The number of nitrogens with zero attached hydrogens (tertiary/aromatic N) is 4. The van der Waals surface area contributed by atoms with Crippen LogP contribution in [0.4, 0.5) is 16.2 Å². The van der Waals surface area contributed by atoms with E-state index in [0.717, 1.165) is 46.2 Å². The summed E-state index contributed by atoms with van der Waals surface area (Å²) in [6, 6.07) is 11.7. The van der Waals surface area contributed by atoms with E-state index < -0.39 is 17.1 Å². The number of imide groups is 1. The zero-order chi connectivity index (χ0) is 27.1. The molecule has 2 aromatic carbocycles. The lowest BCUT2D eigenvalue weighted by atomic mass is 9.91. The van der Waals surface area contributed by atoms with Crippen molar-refractivity contribution >= 4 is 29.2 Å². The average Bonchev–Trinajstić information content (AvgIpc) is 3.20. The first-order valence-corrected chi connectivity index (χ1v) is 13.1. The fourth-order valence-corrected chi connectivity index (χ4v) is 5.98.